The first-order valence-corrected chi connectivity index (χ1v) is 10.3. The van der Waals surface area contributed by atoms with Crippen LogP contribution >= 0.6 is 0 Å². The number of nitroso groups, excluding NO2 is 1. The third kappa shape index (κ3) is 7.48. The molecule has 1 aromatic rings. The lowest BCUT2D eigenvalue weighted by Crippen LogP contribution is -2.57. The Morgan fingerprint density at radius 1 is 1.10 bits per heavy atom. The van der Waals surface area contributed by atoms with E-state index in [-0.39, 0.29) is 12.1 Å². The van der Waals surface area contributed by atoms with E-state index >= 15 is 0 Å². The third-order valence-electron chi connectivity index (χ3n) is 4.77. The molecule has 1 aromatic carbocycles. The Balaban J connectivity index is 2.17. The predicted octanol–water partition coefficient (Wildman–Crippen LogP) is 4.82. The van der Waals surface area contributed by atoms with E-state index in [9.17, 15) is 18.9 Å². The van der Waals surface area contributed by atoms with E-state index in [1.807, 2.05) is 4.90 Å². The lowest BCUT2D eigenvalue weighted by Gasteiger charge is -2.43. The largest absolute Gasteiger partial charge is 0.460 e. The Labute approximate surface area is 182 Å². The van der Waals surface area contributed by atoms with E-state index in [0.717, 1.165) is 6.07 Å². The molecule has 31 heavy (non-hydrogen) atoms. The predicted molar refractivity (Wildman–Crippen MR) is 116 cm³/mol. The first-order valence-electron chi connectivity index (χ1n) is 10.3. The molecule has 1 aliphatic heterocycles. The zero-order chi connectivity index (χ0) is 23.4. The minimum atomic E-state index is -0.873. The zero-order valence-electron chi connectivity index (χ0n) is 19.1. The molecule has 1 fully saturated rings. The van der Waals surface area contributed by atoms with Crippen molar-refractivity contribution < 1.29 is 23.5 Å². The maximum Gasteiger partial charge on any atom is 0.408 e. The van der Waals surface area contributed by atoms with Gasteiger partial charge in [-0.1, -0.05) is 0 Å². The average molecular weight is 438 g/mol. The van der Waals surface area contributed by atoms with Gasteiger partial charge >= 0.3 is 12.1 Å². The SMILES string of the molecule is CC(C)(C)OC(=O)CC1(NC(=O)OC(C)(C)C)CCN(c2ccc(N=O)cc2F)CC1. The van der Waals surface area contributed by atoms with Crippen molar-refractivity contribution in [3.63, 3.8) is 0 Å². The average Bonchev–Trinajstić information content (AvgIpc) is 2.59. The van der Waals surface area contributed by atoms with Gasteiger partial charge in [0.25, 0.3) is 0 Å². The lowest BCUT2D eigenvalue weighted by molar-refractivity contribution is -0.156. The van der Waals surface area contributed by atoms with Crippen LogP contribution in [0, 0.1) is 10.7 Å². The van der Waals surface area contributed by atoms with E-state index in [4.69, 9.17) is 9.47 Å². The number of benzene rings is 1. The highest BCUT2D eigenvalue weighted by Gasteiger charge is 2.40. The molecule has 0 radical (unpaired) electrons. The van der Waals surface area contributed by atoms with E-state index in [1.165, 1.54) is 12.1 Å². The van der Waals surface area contributed by atoms with Crippen LogP contribution in [0.3, 0.4) is 0 Å². The maximum absolute atomic E-state index is 14.4. The molecule has 0 unspecified atom stereocenters. The van der Waals surface area contributed by atoms with E-state index in [2.05, 4.69) is 10.5 Å². The van der Waals surface area contributed by atoms with Crippen LogP contribution in [0.15, 0.2) is 23.4 Å². The number of carbonyl (C=O) groups is 2. The van der Waals surface area contributed by atoms with Crippen molar-refractivity contribution >= 4 is 23.4 Å². The summed E-state index contributed by atoms with van der Waals surface area (Å²) in [6.45, 7) is 11.4. The molecule has 0 aromatic heterocycles. The molecular weight excluding hydrogens is 405 g/mol. The van der Waals surface area contributed by atoms with Gasteiger partial charge < -0.3 is 19.7 Å². The van der Waals surface area contributed by atoms with Crippen molar-refractivity contribution in [3.8, 4) is 0 Å². The first-order chi connectivity index (χ1) is 14.2. The summed E-state index contributed by atoms with van der Waals surface area (Å²) in [7, 11) is 0. The molecule has 9 heteroatoms. The Kier molecular flexibility index (Phi) is 7.28. The topological polar surface area (TPSA) is 97.3 Å². The Hall–Kier alpha value is -2.71. The fourth-order valence-corrected chi connectivity index (χ4v) is 3.50. The van der Waals surface area contributed by atoms with Crippen LogP contribution in [0.25, 0.3) is 0 Å². The molecule has 0 bridgehead atoms. The third-order valence-corrected chi connectivity index (χ3v) is 4.77. The number of amides is 1. The number of anilines is 1. The number of alkyl carbamates (subject to hydrolysis) is 1. The maximum atomic E-state index is 14.4. The van der Waals surface area contributed by atoms with Crippen molar-refractivity contribution in [2.45, 2.75) is 77.5 Å². The molecule has 2 rings (SSSR count). The van der Waals surface area contributed by atoms with Gasteiger partial charge in [-0.2, -0.15) is 0 Å². The summed E-state index contributed by atoms with van der Waals surface area (Å²) in [5, 5.41) is 5.61. The molecule has 1 N–H and O–H groups in total. The summed E-state index contributed by atoms with van der Waals surface area (Å²) < 4.78 is 25.2. The van der Waals surface area contributed by atoms with Crippen LogP contribution in [0.1, 0.15) is 60.8 Å². The van der Waals surface area contributed by atoms with Gasteiger partial charge in [0.05, 0.1) is 17.6 Å². The number of rotatable bonds is 5. The van der Waals surface area contributed by atoms with Gasteiger partial charge in [-0.3, -0.25) is 4.79 Å². The number of ether oxygens (including phenoxy) is 2. The summed E-state index contributed by atoms with van der Waals surface area (Å²) in [5.41, 5.74) is -1.85. The summed E-state index contributed by atoms with van der Waals surface area (Å²) in [4.78, 5) is 37.4. The van der Waals surface area contributed by atoms with Crippen molar-refractivity contribution in [3.05, 3.63) is 28.9 Å². The van der Waals surface area contributed by atoms with Gasteiger partial charge in [-0.15, -0.1) is 4.91 Å². The molecule has 0 saturated carbocycles. The summed E-state index contributed by atoms with van der Waals surface area (Å²) >= 11 is 0. The number of esters is 1. The first kappa shape index (κ1) is 24.6. The number of hydrogen-bond donors (Lipinski definition) is 1. The van der Waals surface area contributed by atoms with Crippen molar-refractivity contribution in [1.29, 1.82) is 0 Å². The number of nitrogens with one attached hydrogen (secondary N) is 1. The molecule has 0 atom stereocenters. The zero-order valence-corrected chi connectivity index (χ0v) is 19.1. The van der Waals surface area contributed by atoms with E-state index < -0.39 is 34.6 Å². The van der Waals surface area contributed by atoms with E-state index in [0.29, 0.717) is 31.6 Å². The lowest BCUT2D eigenvalue weighted by atomic mass is 9.84. The highest BCUT2D eigenvalue weighted by Crippen LogP contribution is 2.32. The van der Waals surface area contributed by atoms with Gasteiger partial charge in [-0.05, 0) is 71.7 Å². The molecule has 1 amide bonds. The Morgan fingerprint density at radius 3 is 2.16 bits per heavy atom. The van der Waals surface area contributed by atoms with Gasteiger partial charge in [0.15, 0.2) is 0 Å². The van der Waals surface area contributed by atoms with Crippen LogP contribution in [-0.4, -0.2) is 41.9 Å². The normalized spacial score (nSPS) is 16.4. The minimum absolute atomic E-state index is 0.0177. The molecule has 0 aliphatic carbocycles. The fraction of sp³-hybridized carbons (Fsp3) is 0.636. The quantitative estimate of drug-likeness (QED) is 0.524. The van der Waals surface area contributed by atoms with Crippen molar-refractivity contribution in [2.75, 3.05) is 18.0 Å². The van der Waals surface area contributed by atoms with Gasteiger partial charge in [0.1, 0.15) is 22.7 Å². The van der Waals surface area contributed by atoms with Crippen molar-refractivity contribution in [1.82, 2.24) is 5.32 Å². The molecule has 172 valence electrons. The van der Waals surface area contributed by atoms with Gasteiger partial charge in [0, 0.05) is 19.2 Å². The highest BCUT2D eigenvalue weighted by atomic mass is 19.1. The Bertz CT molecular complexity index is 789. The van der Waals surface area contributed by atoms with Crippen LogP contribution in [-0.2, 0) is 14.3 Å². The van der Waals surface area contributed by atoms with Crippen LogP contribution < -0.4 is 10.2 Å². The minimum Gasteiger partial charge on any atom is -0.460 e. The molecule has 1 aliphatic rings. The molecule has 1 saturated heterocycles. The fourth-order valence-electron chi connectivity index (χ4n) is 3.50. The second-order valence-electron chi connectivity index (χ2n) is 9.88. The molecule has 8 nitrogen and oxygen atoms in total. The number of carbonyl (C=O) groups excluding carboxylic acids is 2. The van der Waals surface area contributed by atoms with Crippen LogP contribution in [0.4, 0.5) is 20.6 Å². The van der Waals surface area contributed by atoms with Gasteiger partial charge in [-0.25, -0.2) is 9.18 Å². The standard InChI is InChI=1S/C22H32FN3O5/c1-20(2,3)30-18(27)14-22(24-19(28)31-21(4,5)6)9-11-26(12-10-22)17-8-7-15(25-29)13-16(17)23/h7-8,13H,9-12,14H2,1-6H3,(H,24,28). The highest BCUT2D eigenvalue weighted by molar-refractivity contribution is 5.74. The summed E-state index contributed by atoms with van der Waals surface area (Å²) in [6, 6.07) is 4.05. The van der Waals surface area contributed by atoms with Gasteiger partial charge in [0.2, 0.25) is 0 Å². The number of nitrogens with zero attached hydrogens (tertiary/aromatic N) is 2. The monoisotopic (exact) mass is 437 g/mol. The Morgan fingerprint density at radius 2 is 1.68 bits per heavy atom. The number of halogens is 1. The second kappa shape index (κ2) is 9.20. The molecule has 0 spiro atoms. The molecule has 1 heterocycles. The van der Waals surface area contributed by atoms with E-state index in [1.54, 1.807) is 41.5 Å². The number of piperidine rings is 1. The number of hydrogen-bond acceptors (Lipinski definition) is 7. The second-order valence-corrected chi connectivity index (χ2v) is 9.88. The van der Waals surface area contributed by atoms with Crippen LogP contribution in [0.5, 0.6) is 0 Å². The summed E-state index contributed by atoms with van der Waals surface area (Å²) in [6.07, 6.45) is 0.141. The smallest absolute Gasteiger partial charge is 0.408 e. The summed E-state index contributed by atoms with van der Waals surface area (Å²) in [5.74, 6) is -0.971. The van der Waals surface area contributed by atoms with Crippen LogP contribution in [0.2, 0.25) is 0 Å². The molecular formula is C22H32FN3O5. The van der Waals surface area contributed by atoms with Crippen molar-refractivity contribution in [2.24, 2.45) is 5.18 Å².